The van der Waals surface area contributed by atoms with Gasteiger partial charge in [0.2, 0.25) is 11.9 Å². The molecule has 6 nitrogen and oxygen atoms in total. The van der Waals surface area contributed by atoms with Gasteiger partial charge in [-0.3, -0.25) is 4.90 Å². The summed E-state index contributed by atoms with van der Waals surface area (Å²) in [5, 5.41) is 0. The highest BCUT2D eigenvalue weighted by atomic mass is 15.2. The molecule has 1 aliphatic rings. The lowest BCUT2D eigenvalue weighted by molar-refractivity contribution is 0.242. The number of hydrogen-bond donors (Lipinski definition) is 2. The first-order chi connectivity index (χ1) is 8.52. The van der Waals surface area contributed by atoms with Crippen LogP contribution >= 0.6 is 0 Å². The second kappa shape index (κ2) is 5.48. The summed E-state index contributed by atoms with van der Waals surface area (Å²) in [4.78, 5) is 14.4. The Morgan fingerprint density at radius 2 is 1.78 bits per heavy atom. The summed E-state index contributed by atoms with van der Waals surface area (Å²) in [5.74, 6) is 2.57. The number of nitrogens with two attached hydrogens (primary N) is 2. The van der Waals surface area contributed by atoms with Gasteiger partial charge in [0.15, 0.2) is 0 Å². The molecule has 0 aromatic carbocycles. The molecule has 0 radical (unpaired) electrons. The van der Waals surface area contributed by atoms with Gasteiger partial charge < -0.3 is 11.5 Å². The fourth-order valence-corrected chi connectivity index (χ4v) is 2.69. The first kappa shape index (κ1) is 13.0. The zero-order valence-electron chi connectivity index (χ0n) is 11.1. The van der Waals surface area contributed by atoms with Crippen LogP contribution in [0.2, 0.25) is 0 Å². The summed E-state index contributed by atoms with van der Waals surface area (Å²) in [6.45, 7) is 7.48. The second-order valence-corrected chi connectivity index (χ2v) is 5.44. The molecule has 100 valence electrons. The van der Waals surface area contributed by atoms with Crippen LogP contribution in [0, 0.1) is 11.8 Å². The third-order valence-electron chi connectivity index (χ3n) is 3.39. The van der Waals surface area contributed by atoms with Crippen LogP contribution in [0.25, 0.3) is 0 Å². The van der Waals surface area contributed by atoms with Crippen molar-refractivity contribution in [2.24, 2.45) is 11.8 Å². The van der Waals surface area contributed by atoms with Gasteiger partial charge in [0.25, 0.3) is 0 Å². The number of likely N-dealkylation sites (tertiary alicyclic amines) is 1. The predicted molar refractivity (Wildman–Crippen MR) is 71.5 cm³/mol. The van der Waals surface area contributed by atoms with Gasteiger partial charge in [-0.05, 0) is 31.2 Å². The van der Waals surface area contributed by atoms with Gasteiger partial charge >= 0.3 is 0 Å². The van der Waals surface area contributed by atoms with Crippen molar-refractivity contribution in [1.82, 2.24) is 19.9 Å². The van der Waals surface area contributed by atoms with Gasteiger partial charge in [0.05, 0.1) is 6.54 Å². The molecule has 1 aliphatic heterocycles. The highest BCUT2D eigenvalue weighted by Crippen LogP contribution is 2.22. The van der Waals surface area contributed by atoms with E-state index in [1.54, 1.807) is 0 Å². The van der Waals surface area contributed by atoms with E-state index in [-0.39, 0.29) is 11.9 Å². The van der Waals surface area contributed by atoms with Crippen molar-refractivity contribution in [3.05, 3.63) is 5.82 Å². The number of hydrogen-bond acceptors (Lipinski definition) is 6. The van der Waals surface area contributed by atoms with E-state index < -0.39 is 0 Å². The Morgan fingerprint density at radius 3 is 2.44 bits per heavy atom. The molecule has 0 saturated carbocycles. The molecule has 0 bridgehead atoms. The predicted octanol–water partition coefficient (Wildman–Crippen LogP) is 0.904. The van der Waals surface area contributed by atoms with E-state index in [1.807, 2.05) is 0 Å². The summed E-state index contributed by atoms with van der Waals surface area (Å²) in [6, 6.07) is 0. The summed E-state index contributed by atoms with van der Waals surface area (Å²) in [5.41, 5.74) is 11.2. The number of anilines is 2. The second-order valence-electron chi connectivity index (χ2n) is 5.44. The summed E-state index contributed by atoms with van der Waals surface area (Å²) < 4.78 is 0. The van der Waals surface area contributed by atoms with Gasteiger partial charge in [-0.25, -0.2) is 0 Å². The van der Waals surface area contributed by atoms with E-state index in [0.717, 1.165) is 19.0 Å². The van der Waals surface area contributed by atoms with Gasteiger partial charge in [0.1, 0.15) is 5.82 Å². The molecular formula is C12H22N6. The SMILES string of the molecule is C[C@@H]1C[C@@H](C)CCN(Cc2nc(N)nc(N)n2)C1. The van der Waals surface area contributed by atoms with E-state index in [9.17, 15) is 0 Å². The first-order valence-corrected chi connectivity index (χ1v) is 6.51. The maximum Gasteiger partial charge on any atom is 0.225 e. The van der Waals surface area contributed by atoms with Crippen molar-refractivity contribution in [2.45, 2.75) is 33.2 Å². The molecule has 6 heteroatoms. The zero-order valence-corrected chi connectivity index (χ0v) is 11.1. The fraction of sp³-hybridized carbons (Fsp3) is 0.750. The Hall–Kier alpha value is -1.43. The van der Waals surface area contributed by atoms with Gasteiger partial charge in [0, 0.05) is 6.54 Å². The highest BCUT2D eigenvalue weighted by Gasteiger charge is 2.20. The van der Waals surface area contributed by atoms with Crippen LogP contribution < -0.4 is 11.5 Å². The molecule has 0 amide bonds. The lowest BCUT2D eigenvalue weighted by Gasteiger charge is -2.21. The molecule has 2 rings (SSSR count). The van der Waals surface area contributed by atoms with Crippen LogP contribution in [0.4, 0.5) is 11.9 Å². The van der Waals surface area contributed by atoms with Crippen LogP contribution in [-0.2, 0) is 6.54 Å². The maximum atomic E-state index is 5.58. The van der Waals surface area contributed by atoms with E-state index in [0.29, 0.717) is 18.3 Å². The number of aromatic nitrogens is 3. The number of nitrogen functional groups attached to an aromatic ring is 2. The zero-order chi connectivity index (χ0) is 13.1. The molecule has 4 N–H and O–H groups in total. The van der Waals surface area contributed by atoms with E-state index in [4.69, 9.17) is 11.5 Å². The summed E-state index contributed by atoms with van der Waals surface area (Å²) in [6.07, 6.45) is 2.51. The quantitative estimate of drug-likeness (QED) is 0.810. The summed E-state index contributed by atoms with van der Waals surface area (Å²) in [7, 11) is 0. The van der Waals surface area contributed by atoms with Gasteiger partial charge in [-0.15, -0.1) is 0 Å². The molecule has 0 aliphatic carbocycles. The molecule has 0 unspecified atom stereocenters. The Bertz CT molecular complexity index is 387. The van der Waals surface area contributed by atoms with Crippen molar-refractivity contribution < 1.29 is 0 Å². The largest absolute Gasteiger partial charge is 0.368 e. The van der Waals surface area contributed by atoms with E-state index in [1.165, 1.54) is 12.8 Å². The lowest BCUT2D eigenvalue weighted by Crippen LogP contribution is -2.28. The summed E-state index contributed by atoms with van der Waals surface area (Å²) >= 11 is 0. The number of nitrogens with zero attached hydrogens (tertiary/aromatic N) is 4. The Balaban J connectivity index is 2.03. The molecule has 18 heavy (non-hydrogen) atoms. The van der Waals surface area contributed by atoms with Crippen LogP contribution in [0.1, 0.15) is 32.5 Å². The standard InChI is InChI=1S/C12H22N6/c1-8-3-4-18(6-9(2)5-8)7-10-15-11(13)17-12(14)16-10/h8-9H,3-7H2,1-2H3,(H4,13,14,15,16,17)/t8-,9+/m0/s1. The van der Waals surface area contributed by atoms with Crippen LogP contribution in [0.3, 0.4) is 0 Å². The molecule has 1 aromatic heterocycles. The number of rotatable bonds is 2. The van der Waals surface area contributed by atoms with Crippen molar-refractivity contribution >= 4 is 11.9 Å². The Morgan fingerprint density at radius 1 is 1.11 bits per heavy atom. The maximum absolute atomic E-state index is 5.58. The molecule has 1 aromatic rings. The molecule has 1 saturated heterocycles. The first-order valence-electron chi connectivity index (χ1n) is 6.51. The minimum atomic E-state index is 0.203. The molecule has 2 atom stereocenters. The monoisotopic (exact) mass is 250 g/mol. The minimum Gasteiger partial charge on any atom is -0.368 e. The average molecular weight is 250 g/mol. The van der Waals surface area contributed by atoms with Crippen LogP contribution in [0.5, 0.6) is 0 Å². The molecule has 0 spiro atoms. The Kier molecular flexibility index (Phi) is 3.96. The van der Waals surface area contributed by atoms with Gasteiger partial charge in [-0.2, -0.15) is 15.0 Å². The highest BCUT2D eigenvalue weighted by molar-refractivity contribution is 5.25. The van der Waals surface area contributed by atoms with E-state index >= 15 is 0 Å². The molecule has 2 heterocycles. The minimum absolute atomic E-state index is 0.203. The molecular weight excluding hydrogens is 228 g/mol. The van der Waals surface area contributed by atoms with Gasteiger partial charge in [-0.1, -0.05) is 13.8 Å². The Labute approximate surface area is 108 Å². The van der Waals surface area contributed by atoms with Crippen LogP contribution in [-0.4, -0.2) is 32.9 Å². The van der Waals surface area contributed by atoms with E-state index in [2.05, 4.69) is 33.7 Å². The average Bonchev–Trinajstić information content (AvgIpc) is 2.38. The third-order valence-corrected chi connectivity index (χ3v) is 3.39. The van der Waals surface area contributed by atoms with Crippen molar-refractivity contribution in [3.63, 3.8) is 0 Å². The van der Waals surface area contributed by atoms with Crippen LogP contribution in [0.15, 0.2) is 0 Å². The third kappa shape index (κ3) is 3.53. The fourth-order valence-electron chi connectivity index (χ4n) is 2.69. The lowest BCUT2D eigenvalue weighted by atomic mass is 9.97. The van der Waals surface area contributed by atoms with Crippen molar-refractivity contribution in [1.29, 1.82) is 0 Å². The molecule has 1 fully saturated rings. The van der Waals surface area contributed by atoms with Crippen molar-refractivity contribution in [3.8, 4) is 0 Å². The van der Waals surface area contributed by atoms with Crippen molar-refractivity contribution in [2.75, 3.05) is 24.6 Å². The normalized spacial score (nSPS) is 25.9. The topological polar surface area (TPSA) is 94.0 Å². The smallest absolute Gasteiger partial charge is 0.225 e.